The lowest BCUT2D eigenvalue weighted by Crippen LogP contribution is -2.11. The first kappa shape index (κ1) is 11.2. The van der Waals surface area contributed by atoms with Gasteiger partial charge >= 0.3 is 0 Å². The van der Waals surface area contributed by atoms with Crippen LogP contribution >= 0.6 is 11.6 Å². The topological polar surface area (TPSA) is 34.1 Å². The third kappa shape index (κ3) is 2.55. The molecule has 3 heteroatoms. The highest BCUT2D eigenvalue weighted by atomic mass is 35.5. The molecule has 0 spiro atoms. The highest BCUT2D eigenvalue weighted by Gasteiger charge is 2.20. The van der Waals surface area contributed by atoms with Gasteiger partial charge in [0.1, 0.15) is 0 Å². The van der Waals surface area contributed by atoms with Crippen molar-refractivity contribution in [2.24, 2.45) is 0 Å². The zero-order valence-corrected chi connectivity index (χ0v) is 8.93. The van der Waals surface area contributed by atoms with Crippen LogP contribution in [0, 0.1) is 0 Å². The molecule has 0 saturated heterocycles. The van der Waals surface area contributed by atoms with Crippen molar-refractivity contribution in [1.29, 1.82) is 0 Å². The Labute approximate surface area is 88.6 Å². The van der Waals surface area contributed by atoms with Crippen LogP contribution in [-0.2, 0) is 9.59 Å². The minimum atomic E-state index is -0.252. The lowest BCUT2D eigenvalue weighted by Gasteiger charge is -2.09. The monoisotopic (exact) mass is 212 g/mol. The van der Waals surface area contributed by atoms with E-state index in [1.165, 1.54) is 12.2 Å². The molecule has 1 aliphatic carbocycles. The summed E-state index contributed by atoms with van der Waals surface area (Å²) in [5, 5.41) is 0.105. The van der Waals surface area contributed by atoms with Crippen LogP contribution in [0.4, 0.5) is 0 Å². The molecule has 0 amide bonds. The van der Waals surface area contributed by atoms with Gasteiger partial charge in [0, 0.05) is 5.57 Å². The van der Waals surface area contributed by atoms with Crippen molar-refractivity contribution in [3.05, 3.63) is 22.8 Å². The van der Waals surface area contributed by atoms with Crippen LogP contribution in [-0.4, -0.2) is 11.6 Å². The normalized spacial score (nSPS) is 16.7. The zero-order valence-electron chi connectivity index (χ0n) is 8.18. The van der Waals surface area contributed by atoms with Crippen LogP contribution in [0.25, 0.3) is 0 Å². The molecule has 0 aromatic rings. The quantitative estimate of drug-likeness (QED) is 0.531. The van der Waals surface area contributed by atoms with Gasteiger partial charge in [-0.3, -0.25) is 9.59 Å². The van der Waals surface area contributed by atoms with E-state index in [1.807, 2.05) is 0 Å². The van der Waals surface area contributed by atoms with E-state index in [0.717, 1.165) is 19.3 Å². The van der Waals surface area contributed by atoms with Gasteiger partial charge in [-0.25, -0.2) is 0 Å². The SMILES string of the molecule is CCCCCC1=C(Cl)C(=O)C=CC1=O. The van der Waals surface area contributed by atoms with Gasteiger partial charge in [-0.2, -0.15) is 0 Å². The summed E-state index contributed by atoms with van der Waals surface area (Å²) in [6.07, 6.45) is 6.20. The Morgan fingerprint density at radius 2 is 1.79 bits per heavy atom. The van der Waals surface area contributed by atoms with Gasteiger partial charge in [0.2, 0.25) is 0 Å². The average Bonchev–Trinajstić information content (AvgIpc) is 2.18. The van der Waals surface area contributed by atoms with Gasteiger partial charge in [-0.05, 0) is 25.0 Å². The molecule has 0 N–H and O–H groups in total. The van der Waals surface area contributed by atoms with Crippen molar-refractivity contribution in [3.63, 3.8) is 0 Å². The molecule has 0 aliphatic heterocycles. The largest absolute Gasteiger partial charge is 0.290 e. The summed E-state index contributed by atoms with van der Waals surface area (Å²) in [5.41, 5.74) is 0.479. The number of hydrogen-bond acceptors (Lipinski definition) is 2. The Kier molecular flexibility index (Phi) is 4.08. The number of carbonyl (C=O) groups is 2. The molecule has 1 rings (SSSR count). The van der Waals surface area contributed by atoms with Crippen LogP contribution in [0.1, 0.15) is 32.6 Å². The summed E-state index contributed by atoms with van der Waals surface area (Å²) in [6.45, 7) is 2.09. The fourth-order valence-electron chi connectivity index (χ4n) is 1.37. The van der Waals surface area contributed by atoms with Crippen molar-refractivity contribution in [1.82, 2.24) is 0 Å². The summed E-state index contributed by atoms with van der Waals surface area (Å²) in [5.74, 6) is -0.372. The van der Waals surface area contributed by atoms with E-state index in [2.05, 4.69) is 6.92 Å². The Hall–Kier alpha value is -0.890. The van der Waals surface area contributed by atoms with E-state index in [-0.39, 0.29) is 16.6 Å². The minimum absolute atomic E-state index is 0.105. The molecule has 0 fully saturated rings. The number of halogens is 1. The third-order valence-electron chi connectivity index (χ3n) is 2.20. The van der Waals surface area contributed by atoms with Gasteiger partial charge in [-0.15, -0.1) is 0 Å². The van der Waals surface area contributed by atoms with E-state index in [1.54, 1.807) is 0 Å². The first-order valence-electron chi connectivity index (χ1n) is 4.82. The summed E-state index contributed by atoms with van der Waals surface area (Å²) < 4.78 is 0. The summed E-state index contributed by atoms with van der Waals surface area (Å²) >= 11 is 5.76. The fourth-order valence-corrected chi connectivity index (χ4v) is 1.62. The Bertz CT molecular complexity index is 313. The van der Waals surface area contributed by atoms with Crippen LogP contribution in [0.2, 0.25) is 0 Å². The molecule has 2 nitrogen and oxygen atoms in total. The second-order valence-electron chi connectivity index (χ2n) is 3.31. The predicted octanol–water partition coefficient (Wildman–Crippen LogP) is 2.77. The highest BCUT2D eigenvalue weighted by molar-refractivity contribution is 6.48. The highest BCUT2D eigenvalue weighted by Crippen LogP contribution is 2.22. The minimum Gasteiger partial charge on any atom is -0.290 e. The van der Waals surface area contributed by atoms with Gasteiger partial charge in [0.25, 0.3) is 0 Å². The van der Waals surface area contributed by atoms with Crippen LogP contribution in [0.15, 0.2) is 22.8 Å². The predicted molar refractivity (Wildman–Crippen MR) is 56.2 cm³/mol. The summed E-state index contributed by atoms with van der Waals surface area (Å²) in [6, 6.07) is 0. The van der Waals surface area contributed by atoms with Gasteiger partial charge in [-0.1, -0.05) is 31.4 Å². The second kappa shape index (κ2) is 5.11. The molecule has 0 heterocycles. The van der Waals surface area contributed by atoms with Crippen LogP contribution in [0.5, 0.6) is 0 Å². The molecule has 0 atom stereocenters. The molecule has 0 unspecified atom stereocenters. The first-order valence-corrected chi connectivity index (χ1v) is 5.20. The van der Waals surface area contributed by atoms with E-state index < -0.39 is 0 Å². The molecular formula is C11H13ClO2. The first-order chi connectivity index (χ1) is 6.66. The van der Waals surface area contributed by atoms with Crippen LogP contribution < -0.4 is 0 Å². The molecule has 0 bridgehead atoms. The number of unbranched alkanes of at least 4 members (excludes halogenated alkanes) is 2. The molecule has 0 radical (unpaired) electrons. The van der Waals surface area contributed by atoms with Gasteiger partial charge in [0.05, 0.1) is 5.03 Å². The number of allylic oxidation sites excluding steroid dienone is 4. The number of carbonyl (C=O) groups excluding carboxylic acids is 2. The fraction of sp³-hybridized carbons (Fsp3) is 0.455. The number of rotatable bonds is 4. The van der Waals surface area contributed by atoms with Crippen molar-refractivity contribution in [2.75, 3.05) is 0 Å². The number of ketones is 2. The average molecular weight is 213 g/mol. The van der Waals surface area contributed by atoms with Crippen molar-refractivity contribution >= 4 is 23.2 Å². The van der Waals surface area contributed by atoms with E-state index in [4.69, 9.17) is 11.6 Å². The Balaban J connectivity index is 2.68. The summed E-state index contributed by atoms with van der Waals surface area (Å²) in [7, 11) is 0. The molecular weight excluding hydrogens is 200 g/mol. The summed E-state index contributed by atoms with van der Waals surface area (Å²) in [4.78, 5) is 22.5. The maximum atomic E-state index is 11.4. The number of hydrogen-bond donors (Lipinski definition) is 0. The maximum absolute atomic E-state index is 11.4. The van der Waals surface area contributed by atoms with Gasteiger partial charge in [0.15, 0.2) is 11.6 Å². The van der Waals surface area contributed by atoms with E-state index in [0.29, 0.717) is 12.0 Å². The van der Waals surface area contributed by atoms with Crippen LogP contribution in [0.3, 0.4) is 0 Å². The second-order valence-corrected chi connectivity index (χ2v) is 3.69. The smallest absolute Gasteiger partial charge is 0.197 e. The lowest BCUT2D eigenvalue weighted by atomic mass is 9.98. The third-order valence-corrected chi connectivity index (χ3v) is 2.61. The Morgan fingerprint density at radius 1 is 1.14 bits per heavy atom. The van der Waals surface area contributed by atoms with Crippen molar-refractivity contribution in [3.8, 4) is 0 Å². The van der Waals surface area contributed by atoms with Crippen molar-refractivity contribution in [2.45, 2.75) is 32.6 Å². The maximum Gasteiger partial charge on any atom is 0.197 e. The molecule has 14 heavy (non-hydrogen) atoms. The van der Waals surface area contributed by atoms with E-state index in [9.17, 15) is 9.59 Å². The molecule has 1 aliphatic rings. The molecule has 0 aromatic heterocycles. The Morgan fingerprint density at radius 3 is 2.43 bits per heavy atom. The standard InChI is InChI=1S/C11H13ClO2/c1-2-3-4-5-8-9(13)6-7-10(14)11(8)12/h6-7H,2-5H2,1H3. The molecule has 0 saturated carbocycles. The lowest BCUT2D eigenvalue weighted by molar-refractivity contribution is -0.114. The molecule has 0 aromatic carbocycles. The van der Waals surface area contributed by atoms with Crippen molar-refractivity contribution < 1.29 is 9.59 Å². The van der Waals surface area contributed by atoms with E-state index >= 15 is 0 Å². The zero-order chi connectivity index (χ0) is 10.6. The van der Waals surface area contributed by atoms with Gasteiger partial charge < -0.3 is 0 Å². The molecule has 76 valence electrons.